The Kier molecular flexibility index (Phi) is 4.40. The van der Waals surface area contributed by atoms with Gasteiger partial charge in [-0.15, -0.1) is 0 Å². The van der Waals surface area contributed by atoms with Crippen molar-refractivity contribution in [3.8, 4) is 0 Å². The number of halogens is 1. The summed E-state index contributed by atoms with van der Waals surface area (Å²) in [6.07, 6.45) is 1.42. The second-order valence-corrected chi connectivity index (χ2v) is 5.21. The smallest absolute Gasteiger partial charge is 0.327 e. The number of amides is 1. The number of carbonyl (C=O) groups excluding carboxylic acids is 1. The summed E-state index contributed by atoms with van der Waals surface area (Å²) in [5.41, 5.74) is -0.167. The van der Waals surface area contributed by atoms with Crippen molar-refractivity contribution in [2.45, 2.75) is 25.8 Å². The molecule has 2 rings (SSSR count). The number of hydrogen-bond donors (Lipinski definition) is 0. The maximum Gasteiger partial charge on any atom is 0.327 e. The van der Waals surface area contributed by atoms with Gasteiger partial charge in [0.05, 0.1) is 4.92 Å². The van der Waals surface area contributed by atoms with Gasteiger partial charge in [0.1, 0.15) is 5.69 Å². The highest BCUT2D eigenvalue weighted by Crippen LogP contribution is 2.32. The molecular formula is C14H18FN3O3. The van der Waals surface area contributed by atoms with Crippen molar-refractivity contribution in [2.75, 3.05) is 25.0 Å². The molecule has 0 bridgehead atoms. The Morgan fingerprint density at radius 3 is 2.57 bits per heavy atom. The highest BCUT2D eigenvalue weighted by Gasteiger charge is 2.29. The van der Waals surface area contributed by atoms with Crippen LogP contribution >= 0.6 is 0 Å². The first-order valence-electron chi connectivity index (χ1n) is 6.83. The summed E-state index contributed by atoms with van der Waals surface area (Å²) in [5.74, 6) is -0.814. The summed E-state index contributed by atoms with van der Waals surface area (Å²) in [5, 5.41) is 11.0. The lowest BCUT2D eigenvalue weighted by Gasteiger charge is -2.37. The zero-order valence-electron chi connectivity index (χ0n) is 12.1. The standard InChI is InChI=1S/C14H18FN3O3/c1-10(19)16(2)11-6-8-17(9-7-11)13-5-3-4-12(15)14(13)18(20)21/h3-5,11H,6-9H2,1-2H3. The van der Waals surface area contributed by atoms with Gasteiger partial charge in [0, 0.05) is 33.1 Å². The molecule has 0 spiro atoms. The van der Waals surface area contributed by atoms with E-state index in [1.165, 1.54) is 13.0 Å². The van der Waals surface area contributed by atoms with Crippen LogP contribution in [0.1, 0.15) is 19.8 Å². The number of rotatable bonds is 3. The largest absolute Gasteiger partial charge is 0.366 e. The fourth-order valence-electron chi connectivity index (χ4n) is 2.69. The minimum atomic E-state index is -0.819. The quantitative estimate of drug-likeness (QED) is 0.633. The lowest BCUT2D eigenvalue weighted by Crippen LogP contribution is -2.45. The average Bonchev–Trinajstić information content (AvgIpc) is 2.46. The topological polar surface area (TPSA) is 66.7 Å². The predicted octanol–water partition coefficient (Wildman–Crippen LogP) is 2.18. The van der Waals surface area contributed by atoms with Crippen LogP contribution in [0.3, 0.4) is 0 Å². The second-order valence-electron chi connectivity index (χ2n) is 5.21. The Bertz CT molecular complexity index is 556. The van der Waals surface area contributed by atoms with Crippen molar-refractivity contribution >= 4 is 17.3 Å². The van der Waals surface area contributed by atoms with Crippen LogP contribution in [0.15, 0.2) is 18.2 Å². The van der Waals surface area contributed by atoms with Crippen LogP contribution in [0.25, 0.3) is 0 Å². The Morgan fingerprint density at radius 2 is 2.05 bits per heavy atom. The number of piperidine rings is 1. The number of nitro benzene ring substituents is 1. The van der Waals surface area contributed by atoms with Gasteiger partial charge in [-0.3, -0.25) is 14.9 Å². The predicted molar refractivity (Wildman–Crippen MR) is 76.7 cm³/mol. The molecule has 0 radical (unpaired) electrons. The monoisotopic (exact) mass is 295 g/mol. The Hall–Kier alpha value is -2.18. The van der Waals surface area contributed by atoms with E-state index < -0.39 is 16.4 Å². The highest BCUT2D eigenvalue weighted by molar-refractivity contribution is 5.73. The van der Waals surface area contributed by atoms with E-state index in [0.29, 0.717) is 31.6 Å². The van der Waals surface area contributed by atoms with Gasteiger partial charge in [-0.1, -0.05) is 6.07 Å². The van der Waals surface area contributed by atoms with Crippen LogP contribution in [0.2, 0.25) is 0 Å². The summed E-state index contributed by atoms with van der Waals surface area (Å²) in [7, 11) is 1.76. The Morgan fingerprint density at radius 1 is 1.43 bits per heavy atom. The summed E-state index contributed by atoms with van der Waals surface area (Å²) in [6, 6.07) is 4.27. The van der Waals surface area contributed by atoms with Gasteiger partial charge in [-0.2, -0.15) is 4.39 Å². The third-order valence-corrected chi connectivity index (χ3v) is 4.00. The van der Waals surface area contributed by atoms with Crippen LogP contribution in [-0.2, 0) is 4.79 Å². The lowest BCUT2D eigenvalue weighted by atomic mass is 10.0. The van der Waals surface area contributed by atoms with E-state index in [9.17, 15) is 19.3 Å². The summed E-state index contributed by atoms with van der Waals surface area (Å²) in [4.78, 5) is 25.2. The van der Waals surface area contributed by atoms with Crippen LogP contribution in [0.5, 0.6) is 0 Å². The SMILES string of the molecule is CC(=O)N(C)C1CCN(c2cccc(F)c2[N+](=O)[O-])CC1. The molecule has 21 heavy (non-hydrogen) atoms. The lowest BCUT2D eigenvalue weighted by molar-refractivity contribution is -0.386. The molecule has 1 heterocycles. The third-order valence-electron chi connectivity index (χ3n) is 4.00. The normalized spacial score (nSPS) is 15.9. The first-order valence-corrected chi connectivity index (χ1v) is 6.83. The van der Waals surface area contributed by atoms with E-state index in [1.807, 2.05) is 4.90 Å². The van der Waals surface area contributed by atoms with E-state index in [0.717, 1.165) is 6.07 Å². The molecule has 1 amide bonds. The number of carbonyl (C=O) groups is 1. The molecule has 0 unspecified atom stereocenters. The van der Waals surface area contributed by atoms with Gasteiger partial charge >= 0.3 is 5.69 Å². The van der Waals surface area contributed by atoms with Crippen molar-refractivity contribution in [1.29, 1.82) is 0 Å². The van der Waals surface area contributed by atoms with E-state index in [2.05, 4.69) is 0 Å². The van der Waals surface area contributed by atoms with E-state index in [-0.39, 0.29) is 11.9 Å². The molecule has 1 saturated heterocycles. The summed E-state index contributed by atoms with van der Waals surface area (Å²) < 4.78 is 13.6. The van der Waals surface area contributed by atoms with Crippen molar-refractivity contribution in [1.82, 2.24) is 4.90 Å². The van der Waals surface area contributed by atoms with Crippen molar-refractivity contribution in [3.63, 3.8) is 0 Å². The average molecular weight is 295 g/mol. The fourth-order valence-corrected chi connectivity index (χ4v) is 2.69. The zero-order chi connectivity index (χ0) is 15.6. The van der Waals surface area contributed by atoms with E-state index in [4.69, 9.17) is 0 Å². The van der Waals surface area contributed by atoms with Crippen molar-refractivity contribution in [3.05, 3.63) is 34.1 Å². The van der Waals surface area contributed by atoms with E-state index >= 15 is 0 Å². The molecule has 1 aliphatic rings. The molecule has 6 nitrogen and oxygen atoms in total. The van der Waals surface area contributed by atoms with Crippen LogP contribution in [0, 0.1) is 15.9 Å². The molecule has 1 aliphatic heterocycles. The molecule has 1 aromatic carbocycles. The minimum Gasteiger partial charge on any atom is -0.366 e. The van der Waals surface area contributed by atoms with E-state index in [1.54, 1.807) is 18.0 Å². The maximum atomic E-state index is 13.6. The number of benzene rings is 1. The molecule has 0 atom stereocenters. The van der Waals surface area contributed by atoms with Gasteiger partial charge in [0.15, 0.2) is 0 Å². The Labute approximate surface area is 122 Å². The Balaban J connectivity index is 2.15. The number of nitro groups is 1. The summed E-state index contributed by atoms with van der Waals surface area (Å²) >= 11 is 0. The molecule has 0 aromatic heterocycles. The minimum absolute atomic E-state index is 0.00480. The molecule has 7 heteroatoms. The first-order chi connectivity index (χ1) is 9.91. The molecule has 1 aromatic rings. The van der Waals surface area contributed by atoms with Crippen molar-refractivity contribution < 1.29 is 14.1 Å². The number of hydrogen-bond acceptors (Lipinski definition) is 4. The number of nitrogens with zero attached hydrogens (tertiary/aromatic N) is 3. The highest BCUT2D eigenvalue weighted by atomic mass is 19.1. The van der Waals surface area contributed by atoms with Gasteiger partial charge in [-0.25, -0.2) is 0 Å². The van der Waals surface area contributed by atoms with Gasteiger partial charge in [0.2, 0.25) is 11.7 Å². The maximum absolute atomic E-state index is 13.6. The van der Waals surface area contributed by atoms with Crippen LogP contribution < -0.4 is 4.90 Å². The van der Waals surface area contributed by atoms with Crippen LogP contribution in [0.4, 0.5) is 15.8 Å². The third kappa shape index (κ3) is 3.12. The molecule has 0 saturated carbocycles. The molecule has 114 valence electrons. The fraction of sp³-hybridized carbons (Fsp3) is 0.500. The number of anilines is 1. The van der Waals surface area contributed by atoms with Gasteiger partial charge in [0.25, 0.3) is 0 Å². The van der Waals surface area contributed by atoms with Gasteiger partial charge in [-0.05, 0) is 25.0 Å². The molecule has 1 fully saturated rings. The molecule has 0 aliphatic carbocycles. The molecular weight excluding hydrogens is 277 g/mol. The molecule has 0 N–H and O–H groups in total. The summed E-state index contributed by atoms with van der Waals surface area (Å²) in [6.45, 7) is 2.64. The van der Waals surface area contributed by atoms with Crippen molar-refractivity contribution in [2.24, 2.45) is 0 Å². The zero-order valence-corrected chi connectivity index (χ0v) is 12.1. The second kappa shape index (κ2) is 6.07. The van der Waals surface area contributed by atoms with Gasteiger partial charge < -0.3 is 9.80 Å². The van der Waals surface area contributed by atoms with Crippen LogP contribution in [-0.4, -0.2) is 41.9 Å². The first kappa shape index (κ1) is 15.2. The number of para-hydroxylation sites is 1.